The van der Waals surface area contributed by atoms with Gasteiger partial charge >= 0.3 is 0 Å². The fraction of sp³-hybridized carbons (Fsp3) is 0.133. The number of pyridine rings is 1. The Morgan fingerprint density at radius 3 is 2.47 bits per heavy atom. The molecule has 4 heteroatoms. The highest BCUT2D eigenvalue weighted by Gasteiger charge is 2.04. The smallest absolute Gasteiger partial charge is 0.137 e. The van der Waals surface area contributed by atoms with E-state index in [2.05, 4.69) is 58.3 Å². The summed E-state index contributed by atoms with van der Waals surface area (Å²) in [5.41, 5.74) is 4.49. The molecule has 2 heterocycles. The first-order valence-electron chi connectivity index (χ1n) is 6.00. The monoisotopic (exact) mass is 427 g/mol. The molecule has 1 aromatic carbocycles. The second kappa shape index (κ2) is 6.05. The van der Waals surface area contributed by atoms with E-state index in [1.807, 2.05) is 22.7 Å². The van der Waals surface area contributed by atoms with Gasteiger partial charge in [-0.2, -0.15) is 0 Å². The van der Waals surface area contributed by atoms with E-state index >= 15 is 0 Å². The Bertz CT molecular complexity index is 689. The number of fused-ring (bicyclic) bond motifs is 1. The summed E-state index contributed by atoms with van der Waals surface area (Å²) in [4.78, 5) is 4.62. The van der Waals surface area contributed by atoms with Gasteiger partial charge in [-0.25, -0.2) is 4.98 Å². The lowest BCUT2D eigenvalue weighted by atomic mass is 10.1. The van der Waals surface area contributed by atoms with Crippen LogP contribution in [-0.4, -0.2) is 9.38 Å². The van der Waals surface area contributed by atoms with Crippen molar-refractivity contribution in [3.63, 3.8) is 0 Å². The molecule has 3 aromatic rings. The highest BCUT2D eigenvalue weighted by atomic mass is 127. The van der Waals surface area contributed by atoms with Crippen molar-refractivity contribution in [1.82, 2.24) is 9.38 Å². The molecule has 0 atom stereocenters. The Morgan fingerprint density at radius 2 is 1.79 bits per heavy atom. The van der Waals surface area contributed by atoms with E-state index in [0.717, 1.165) is 27.8 Å². The van der Waals surface area contributed by atoms with Crippen LogP contribution < -0.4 is 24.0 Å². The van der Waals surface area contributed by atoms with E-state index < -0.39 is 0 Å². The van der Waals surface area contributed by atoms with Gasteiger partial charge in [0.2, 0.25) is 0 Å². The van der Waals surface area contributed by atoms with Gasteiger partial charge in [0.1, 0.15) is 5.65 Å². The predicted octanol–water partition coefficient (Wildman–Crippen LogP) is 1.33. The summed E-state index contributed by atoms with van der Waals surface area (Å²) in [5.74, 6) is 0. The maximum Gasteiger partial charge on any atom is 0.137 e. The van der Waals surface area contributed by atoms with Gasteiger partial charge in [0.05, 0.1) is 5.69 Å². The topological polar surface area (TPSA) is 17.3 Å². The molecule has 0 bridgehead atoms. The minimum absolute atomic E-state index is 0. The molecule has 0 aliphatic rings. The molecule has 0 spiro atoms. The van der Waals surface area contributed by atoms with E-state index in [0.29, 0.717) is 0 Å². The molecule has 0 fully saturated rings. The molecule has 2 nitrogen and oxygen atoms in total. The van der Waals surface area contributed by atoms with Crippen molar-refractivity contribution < 1.29 is 24.0 Å². The first kappa shape index (κ1) is 14.5. The number of imidazole rings is 1. The van der Waals surface area contributed by atoms with Crippen molar-refractivity contribution in [3.8, 4) is 11.3 Å². The van der Waals surface area contributed by atoms with Gasteiger partial charge in [-0.15, -0.1) is 0 Å². The van der Waals surface area contributed by atoms with E-state index in [-0.39, 0.29) is 24.0 Å². The van der Waals surface area contributed by atoms with Gasteiger partial charge in [0, 0.05) is 22.4 Å². The van der Waals surface area contributed by atoms with Crippen LogP contribution in [-0.2, 0) is 6.42 Å². The molecule has 0 saturated heterocycles. The lowest BCUT2D eigenvalue weighted by Gasteiger charge is -1.98. The van der Waals surface area contributed by atoms with Gasteiger partial charge in [-0.3, -0.25) is 0 Å². The van der Waals surface area contributed by atoms with Crippen molar-refractivity contribution in [3.05, 3.63) is 58.8 Å². The van der Waals surface area contributed by atoms with Crippen molar-refractivity contribution >= 4 is 21.6 Å². The molecular weight excluding hydrogens is 415 g/mol. The molecule has 0 aliphatic heterocycles. The number of benzene rings is 1. The fourth-order valence-corrected chi connectivity index (χ4v) is 2.37. The average Bonchev–Trinajstić information content (AvgIpc) is 2.81. The zero-order chi connectivity index (χ0) is 12.5. The third-order valence-electron chi connectivity index (χ3n) is 3.07. The Morgan fingerprint density at radius 1 is 1.05 bits per heavy atom. The minimum atomic E-state index is 0. The van der Waals surface area contributed by atoms with Crippen LogP contribution in [0.15, 0.2) is 53.3 Å². The molecule has 2 aromatic heterocycles. The lowest BCUT2D eigenvalue weighted by Crippen LogP contribution is -3.00. The van der Waals surface area contributed by atoms with Crippen molar-refractivity contribution in [2.75, 3.05) is 0 Å². The Balaban J connectivity index is 0.00000133. The van der Waals surface area contributed by atoms with Crippen LogP contribution in [0.2, 0.25) is 0 Å². The van der Waals surface area contributed by atoms with Crippen LogP contribution in [0.1, 0.15) is 12.5 Å². The molecular formula is C15H13BrIN2-. The number of halogens is 2. The van der Waals surface area contributed by atoms with E-state index in [9.17, 15) is 0 Å². The molecule has 0 saturated carbocycles. The van der Waals surface area contributed by atoms with Gasteiger partial charge in [0.15, 0.2) is 0 Å². The molecule has 0 radical (unpaired) electrons. The maximum absolute atomic E-state index is 4.62. The Hall–Kier alpha value is -0.880. The highest BCUT2D eigenvalue weighted by Crippen LogP contribution is 2.21. The third kappa shape index (κ3) is 3.00. The van der Waals surface area contributed by atoms with E-state index in [1.165, 1.54) is 5.56 Å². The second-order valence-electron chi connectivity index (χ2n) is 4.29. The normalized spacial score (nSPS) is 10.4. The van der Waals surface area contributed by atoms with Crippen molar-refractivity contribution in [2.45, 2.75) is 13.3 Å². The molecule has 3 rings (SSSR count). The van der Waals surface area contributed by atoms with Crippen LogP contribution in [0.5, 0.6) is 0 Å². The quantitative estimate of drug-likeness (QED) is 0.564. The summed E-state index contributed by atoms with van der Waals surface area (Å²) in [6.07, 6.45) is 5.14. The fourth-order valence-electron chi connectivity index (χ4n) is 2.01. The summed E-state index contributed by atoms with van der Waals surface area (Å²) in [5, 5.41) is 0. The van der Waals surface area contributed by atoms with Crippen LogP contribution in [0.4, 0.5) is 0 Å². The largest absolute Gasteiger partial charge is 1.00 e. The standard InChI is InChI=1S/C15H13BrN2.HI/c1-2-11-3-5-12(6-4-11)14-10-18-9-13(16)7-8-15(18)17-14;/h3-10H,2H2,1H3;1H/p-1. The predicted molar refractivity (Wildman–Crippen MR) is 77.7 cm³/mol. The Kier molecular flexibility index (Phi) is 4.62. The van der Waals surface area contributed by atoms with Gasteiger partial charge in [-0.1, -0.05) is 31.2 Å². The van der Waals surface area contributed by atoms with Crippen molar-refractivity contribution in [1.29, 1.82) is 0 Å². The summed E-state index contributed by atoms with van der Waals surface area (Å²) < 4.78 is 3.09. The number of hydrogen-bond acceptors (Lipinski definition) is 1. The number of nitrogens with zero attached hydrogens (tertiary/aromatic N) is 2. The average molecular weight is 428 g/mol. The second-order valence-corrected chi connectivity index (χ2v) is 5.21. The van der Waals surface area contributed by atoms with Crippen LogP contribution in [0.25, 0.3) is 16.9 Å². The molecule has 0 aliphatic carbocycles. The van der Waals surface area contributed by atoms with Crippen LogP contribution >= 0.6 is 15.9 Å². The number of aromatic nitrogens is 2. The zero-order valence-electron chi connectivity index (χ0n) is 10.5. The van der Waals surface area contributed by atoms with Crippen LogP contribution in [0.3, 0.4) is 0 Å². The molecule has 19 heavy (non-hydrogen) atoms. The van der Waals surface area contributed by atoms with Gasteiger partial charge < -0.3 is 28.4 Å². The minimum Gasteiger partial charge on any atom is -1.00 e. The molecule has 0 N–H and O–H groups in total. The SMILES string of the molecule is CCc1ccc(-c2cn3cc(Br)ccc3n2)cc1.[I-]. The highest BCUT2D eigenvalue weighted by molar-refractivity contribution is 9.10. The molecule has 98 valence electrons. The summed E-state index contributed by atoms with van der Waals surface area (Å²) in [6, 6.07) is 12.6. The first-order chi connectivity index (χ1) is 8.76. The Labute approximate surface area is 138 Å². The van der Waals surface area contributed by atoms with Crippen molar-refractivity contribution in [2.24, 2.45) is 0 Å². The van der Waals surface area contributed by atoms with Gasteiger partial charge in [0.25, 0.3) is 0 Å². The first-order valence-corrected chi connectivity index (χ1v) is 6.79. The number of rotatable bonds is 2. The number of hydrogen-bond donors (Lipinski definition) is 0. The summed E-state index contributed by atoms with van der Waals surface area (Å²) in [6.45, 7) is 2.16. The van der Waals surface area contributed by atoms with E-state index in [4.69, 9.17) is 0 Å². The van der Waals surface area contributed by atoms with Crippen LogP contribution in [0, 0.1) is 0 Å². The molecule has 0 unspecified atom stereocenters. The molecule has 0 amide bonds. The summed E-state index contributed by atoms with van der Waals surface area (Å²) >= 11 is 3.47. The summed E-state index contributed by atoms with van der Waals surface area (Å²) in [7, 11) is 0. The number of aryl methyl sites for hydroxylation is 1. The zero-order valence-corrected chi connectivity index (χ0v) is 14.2. The third-order valence-corrected chi connectivity index (χ3v) is 3.54. The lowest BCUT2D eigenvalue weighted by molar-refractivity contribution is -0.00000358. The van der Waals surface area contributed by atoms with Gasteiger partial charge in [-0.05, 0) is 40.0 Å². The van der Waals surface area contributed by atoms with E-state index in [1.54, 1.807) is 0 Å². The maximum atomic E-state index is 4.62.